The molecular weight excluding hydrogens is 401 g/mol. The first-order valence-corrected chi connectivity index (χ1v) is 10.5. The van der Waals surface area contributed by atoms with Gasteiger partial charge in [0.25, 0.3) is 0 Å². The molecule has 1 amide bonds. The standard InChI is InChI=1S/C25H27F3N2O/c1-16-9-21(30-8-4-5-18-11-20(26)7-6-19(18)13-30)10-17(2)23(16)29-22(31)12-24(3)14-25(27,28)15-24/h4-7,9-11H,8,12-15H2,1-3H3,(H,29,31). The monoisotopic (exact) mass is 428 g/mol. The van der Waals surface area contributed by atoms with Crippen LogP contribution in [0.25, 0.3) is 6.08 Å². The lowest BCUT2D eigenvalue weighted by molar-refractivity contribution is -0.160. The van der Waals surface area contributed by atoms with Crippen LogP contribution >= 0.6 is 0 Å². The van der Waals surface area contributed by atoms with Crippen LogP contribution in [0.5, 0.6) is 0 Å². The van der Waals surface area contributed by atoms with Gasteiger partial charge in [-0.25, -0.2) is 13.2 Å². The number of aryl methyl sites for hydroxylation is 2. The van der Waals surface area contributed by atoms with E-state index in [2.05, 4.69) is 10.2 Å². The van der Waals surface area contributed by atoms with Gasteiger partial charge in [0.2, 0.25) is 11.8 Å². The highest BCUT2D eigenvalue weighted by Gasteiger charge is 2.54. The second-order valence-corrected chi connectivity index (χ2v) is 9.33. The fourth-order valence-corrected chi connectivity index (χ4v) is 4.85. The van der Waals surface area contributed by atoms with Crippen LogP contribution in [0.15, 0.2) is 36.4 Å². The van der Waals surface area contributed by atoms with Gasteiger partial charge in [-0.3, -0.25) is 4.79 Å². The van der Waals surface area contributed by atoms with Crippen molar-refractivity contribution < 1.29 is 18.0 Å². The predicted molar refractivity (Wildman–Crippen MR) is 118 cm³/mol. The quantitative estimate of drug-likeness (QED) is 0.625. The minimum atomic E-state index is -2.64. The Morgan fingerprint density at radius 3 is 2.45 bits per heavy atom. The summed E-state index contributed by atoms with van der Waals surface area (Å²) in [7, 11) is 0. The average molecular weight is 428 g/mol. The number of alkyl halides is 2. The van der Waals surface area contributed by atoms with E-state index in [1.165, 1.54) is 6.07 Å². The maximum absolute atomic E-state index is 13.5. The normalized spacial score (nSPS) is 18.7. The molecule has 0 saturated heterocycles. The summed E-state index contributed by atoms with van der Waals surface area (Å²) in [5.41, 5.74) is 4.88. The molecule has 1 saturated carbocycles. The number of amides is 1. The molecule has 1 N–H and O–H groups in total. The molecule has 3 nitrogen and oxygen atoms in total. The molecule has 0 spiro atoms. The first kappa shape index (κ1) is 21.5. The van der Waals surface area contributed by atoms with Gasteiger partial charge in [0, 0.05) is 43.7 Å². The molecule has 1 aliphatic carbocycles. The highest BCUT2D eigenvalue weighted by Crippen LogP contribution is 2.53. The van der Waals surface area contributed by atoms with Crippen molar-refractivity contribution in [1.82, 2.24) is 0 Å². The zero-order valence-corrected chi connectivity index (χ0v) is 18.1. The number of anilines is 2. The fraction of sp³-hybridized carbons (Fsp3) is 0.400. The first-order chi connectivity index (χ1) is 14.5. The average Bonchev–Trinajstić information content (AvgIpc) is 2.84. The Labute approximate surface area is 180 Å². The van der Waals surface area contributed by atoms with Crippen LogP contribution in [0, 0.1) is 25.1 Å². The van der Waals surface area contributed by atoms with Crippen molar-refractivity contribution in [2.75, 3.05) is 16.8 Å². The summed E-state index contributed by atoms with van der Waals surface area (Å²) in [6.07, 6.45) is 3.57. The van der Waals surface area contributed by atoms with E-state index in [0.29, 0.717) is 13.1 Å². The first-order valence-electron chi connectivity index (χ1n) is 10.5. The van der Waals surface area contributed by atoms with Crippen molar-refractivity contribution in [3.8, 4) is 0 Å². The van der Waals surface area contributed by atoms with Gasteiger partial charge >= 0.3 is 0 Å². The molecule has 0 aromatic heterocycles. The van der Waals surface area contributed by atoms with Gasteiger partial charge < -0.3 is 10.2 Å². The second-order valence-electron chi connectivity index (χ2n) is 9.33. The van der Waals surface area contributed by atoms with Crippen LogP contribution in [-0.2, 0) is 11.3 Å². The number of nitrogens with one attached hydrogen (secondary N) is 1. The summed E-state index contributed by atoms with van der Waals surface area (Å²) >= 11 is 0. The highest BCUT2D eigenvalue weighted by atomic mass is 19.3. The van der Waals surface area contributed by atoms with E-state index in [-0.39, 0.29) is 31.0 Å². The summed E-state index contributed by atoms with van der Waals surface area (Å²) in [5, 5.41) is 2.94. The minimum Gasteiger partial charge on any atom is -0.363 e. The smallest absolute Gasteiger partial charge is 0.249 e. The van der Waals surface area contributed by atoms with E-state index in [0.717, 1.165) is 33.6 Å². The van der Waals surface area contributed by atoms with E-state index < -0.39 is 11.3 Å². The third kappa shape index (κ3) is 4.63. The molecule has 1 heterocycles. The van der Waals surface area contributed by atoms with Gasteiger partial charge in [-0.15, -0.1) is 0 Å². The number of carbonyl (C=O) groups is 1. The molecule has 0 bridgehead atoms. The molecule has 0 atom stereocenters. The summed E-state index contributed by atoms with van der Waals surface area (Å²) in [6, 6.07) is 8.87. The predicted octanol–water partition coefficient (Wildman–Crippen LogP) is 6.24. The molecule has 2 aliphatic rings. The Morgan fingerprint density at radius 1 is 1.13 bits per heavy atom. The van der Waals surface area contributed by atoms with Crippen molar-refractivity contribution in [2.24, 2.45) is 5.41 Å². The summed E-state index contributed by atoms with van der Waals surface area (Å²) in [5.74, 6) is -3.12. The maximum atomic E-state index is 13.5. The van der Waals surface area contributed by atoms with Gasteiger partial charge in [0.1, 0.15) is 5.82 Å². The van der Waals surface area contributed by atoms with Crippen LogP contribution in [-0.4, -0.2) is 18.4 Å². The topological polar surface area (TPSA) is 32.3 Å². The third-order valence-electron chi connectivity index (χ3n) is 6.20. The number of carbonyl (C=O) groups excluding carboxylic acids is 1. The van der Waals surface area contributed by atoms with E-state index >= 15 is 0 Å². The van der Waals surface area contributed by atoms with Crippen molar-refractivity contribution in [1.29, 1.82) is 0 Å². The number of hydrogen-bond acceptors (Lipinski definition) is 2. The molecule has 2 aromatic rings. The van der Waals surface area contributed by atoms with Crippen molar-refractivity contribution in [2.45, 2.75) is 52.5 Å². The maximum Gasteiger partial charge on any atom is 0.249 e. The number of fused-ring (bicyclic) bond motifs is 1. The number of rotatable bonds is 4. The minimum absolute atomic E-state index is 0.0908. The zero-order chi connectivity index (χ0) is 22.4. The zero-order valence-electron chi connectivity index (χ0n) is 18.1. The van der Waals surface area contributed by atoms with Crippen LogP contribution in [0.4, 0.5) is 24.5 Å². The molecule has 4 rings (SSSR count). The Bertz CT molecular complexity index is 1030. The Hall–Kier alpha value is -2.76. The number of benzene rings is 2. The molecule has 0 unspecified atom stereocenters. The molecule has 2 aromatic carbocycles. The molecule has 0 radical (unpaired) electrons. The number of halogens is 3. The van der Waals surface area contributed by atoms with Crippen LogP contribution in [0.3, 0.4) is 0 Å². The van der Waals surface area contributed by atoms with Crippen molar-refractivity contribution in [3.63, 3.8) is 0 Å². The number of hydrogen-bond donors (Lipinski definition) is 1. The van der Waals surface area contributed by atoms with Gasteiger partial charge in [-0.1, -0.05) is 25.1 Å². The lowest BCUT2D eigenvalue weighted by atomic mass is 9.65. The van der Waals surface area contributed by atoms with Crippen LogP contribution in [0.2, 0.25) is 0 Å². The SMILES string of the molecule is Cc1cc(N2CC=Cc3cc(F)ccc3C2)cc(C)c1NC(=O)CC1(C)CC(F)(F)C1. The van der Waals surface area contributed by atoms with E-state index in [1.54, 1.807) is 13.0 Å². The summed E-state index contributed by atoms with van der Waals surface area (Å²) in [4.78, 5) is 14.7. The fourth-order valence-electron chi connectivity index (χ4n) is 4.85. The Kier molecular flexibility index (Phi) is 5.36. The molecule has 1 aliphatic heterocycles. The van der Waals surface area contributed by atoms with Gasteiger partial charge in [0.15, 0.2) is 0 Å². The molecular formula is C25H27F3N2O. The molecule has 31 heavy (non-hydrogen) atoms. The second kappa shape index (κ2) is 7.74. The Morgan fingerprint density at radius 2 is 1.81 bits per heavy atom. The number of nitrogens with zero attached hydrogens (tertiary/aromatic N) is 1. The van der Waals surface area contributed by atoms with E-state index in [4.69, 9.17) is 0 Å². The molecule has 6 heteroatoms. The lowest BCUT2D eigenvalue weighted by Gasteiger charge is -2.44. The Balaban J connectivity index is 1.49. The molecule has 164 valence electrons. The van der Waals surface area contributed by atoms with Crippen LogP contribution in [0.1, 0.15) is 48.4 Å². The highest BCUT2D eigenvalue weighted by molar-refractivity contribution is 5.93. The van der Waals surface area contributed by atoms with E-state index in [9.17, 15) is 18.0 Å². The van der Waals surface area contributed by atoms with E-state index in [1.807, 2.05) is 44.2 Å². The van der Waals surface area contributed by atoms with Crippen molar-refractivity contribution >= 4 is 23.4 Å². The van der Waals surface area contributed by atoms with Gasteiger partial charge in [-0.2, -0.15) is 0 Å². The van der Waals surface area contributed by atoms with Crippen LogP contribution < -0.4 is 10.2 Å². The summed E-state index contributed by atoms with van der Waals surface area (Å²) in [6.45, 7) is 6.95. The molecule has 1 fully saturated rings. The largest absolute Gasteiger partial charge is 0.363 e. The summed E-state index contributed by atoms with van der Waals surface area (Å²) < 4.78 is 40.0. The lowest BCUT2D eigenvalue weighted by Crippen LogP contribution is -2.45. The van der Waals surface area contributed by atoms with Gasteiger partial charge in [0.05, 0.1) is 0 Å². The van der Waals surface area contributed by atoms with Gasteiger partial charge in [-0.05, 0) is 65.8 Å². The third-order valence-corrected chi connectivity index (χ3v) is 6.20. The van der Waals surface area contributed by atoms with Crippen molar-refractivity contribution in [3.05, 3.63) is 64.5 Å².